The molecule has 0 radical (unpaired) electrons. The molecule has 0 spiro atoms. The predicted molar refractivity (Wildman–Crippen MR) is 78.2 cm³/mol. The number of nitrogens with zero attached hydrogens (tertiary/aromatic N) is 4. The number of likely N-dealkylation sites (tertiary alicyclic amines) is 1. The third-order valence-electron chi connectivity index (χ3n) is 4.47. The van der Waals surface area contributed by atoms with Crippen LogP contribution < -0.4 is 0 Å². The number of carbonyl (C=O) groups excluding carboxylic acids is 1. The molecular weight excluding hydrogens is 284 g/mol. The lowest BCUT2D eigenvalue weighted by Gasteiger charge is -2.31. The minimum Gasteiger partial charge on any atom is -0.476 e. The molecule has 2 heterocycles. The van der Waals surface area contributed by atoms with E-state index in [2.05, 4.69) is 16.9 Å². The maximum absolute atomic E-state index is 12.4. The highest BCUT2D eigenvalue weighted by Gasteiger charge is 2.32. The molecule has 1 unspecified atom stereocenters. The van der Waals surface area contributed by atoms with Crippen LogP contribution in [0.2, 0.25) is 0 Å². The number of hydrogen-bond donors (Lipinski definition) is 1. The fourth-order valence-corrected chi connectivity index (χ4v) is 3.32. The fourth-order valence-electron chi connectivity index (χ4n) is 3.32. The SMILES string of the molecule is C=C1CC(CC(=O)N2CCCC2Cn2cc(C(=O)O)nn2)C1. The Hall–Kier alpha value is -2.18. The summed E-state index contributed by atoms with van der Waals surface area (Å²) < 4.78 is 1.52. The number of rotatable bonds is 5. The molecule has 2 fully saturated rings. The van der Waals surface area contributed by atoms with Crippen molar-refractivity contribution in [2.45, 2.75) is 44.7 Å². The topological polar surface area (TPSA) is 88.3 Å². The number of aromatic carboxylic acids is 1. The van der Waals surface area contributed by atoms with Crippen molar-refractivity contribution < 1.29 is 14.7 Å². The Morgan fingerprint density at radius 3 is 2.82 bits per heavy atom. The van der Waals surface area contributed by atoms with Gasteiger partial charge < -0.3 is 10.0 Å². The second-order valence-corrected chi connectivity index (χ2v) is 6.24. The molecule has 1 N–H and O–H groups in total. The Morgan fingerprint density at radius 1 is 1.41 bits per heavy atom. The van der Waals surface area contributed by atoms with Gasteiger partial charge >= 0.3 is 5.97 Å². The zero-order chi connectivity index (χ0) is 15.7. The second kappa shape index (κ2) is 5.90. The number of carboxylic acids is 1. The van der Waals surface area contributed by atoms with Crippen molar-refractivity contribution in [1.82, 2.24) is 19.9 Å². The number of allylic oxidation sites excluding steroid dienone is 1. The molecule has 1 aliphatic heterocycles. The van der Waals surface area contributed by atoms with Crippen molar-refractivity contribution in [2.24, 2.45) is 5.92 Å². The highest BCUT2D eigenvalue weighted by atomic mass is 16.4. The van der Waals surface area contributed by atoms with Crippen LogP contribution in [0.15, 0.2) is 18.3 Å². The van der Waals surface area contributed by atoms with E-state index < -0.39 is 5.97 Å². The minimum absolute atomic E-state index is 0.0659. The molecule has 1 aromatic rings. The summed E-state index contributed by atoms with van der Waals surface area (Å²) in [7, 11) is 0. The van der Waals surface area contributed by atoms with Crippen molar-refractivity contribution in [1.29, 1.82) is 0 Å². The van der Waals surface area contributed by atoms with Gasteiger partial charge in [0, 0.05) is 13.0 Å². The van der Waals surface area contributed by atoms with Crippen molar-refractivity contribution in [3.8, 4) is 0 Å². The predicted octanol–water partition coefficient (Wildman–Crippen LogP) is 1.32. The maximum Gasteiger partial charge on any atom is 0.358 e. The zero-order valence-corrected chi connectivity index (χ0v) is 12.4. The van der Waals surface area contributed by atoms with Gasteiger partial charge in [0.1, 0.15) is 0 Å². The van der Waals surface area contributed by atoms with Gasteiger partial charge in [0.05, 0.1) is 18.8 Å². The van der Waals surface area contributed by atoms with Gasteiger partial charge in [-0.05, 0) is 31.6 Å². The van der Waals surface area contributed by atoms with E-state index >= 15 is 0 Å². The third kappa shape index (κ3) is 3.03. The first-order valence-electron chi connectivity index (χ1n) is 7.62. The zero-order valence-electron chi connectivity index (χ0n) is 12.4. The lowest BCUT2D eigenvalue weighted by molar-refractivity contribution is -0.133. The monoisotopic (exact) mass is 304 g/mol. The minimum atomic E-state index is -1.09. The van der Waals surface area contributed by atoms with Gasteiger partial charge in [-0.25, -0.2) is 9.48 Å². The van der Waals surface area contributed by atoms with Crippen LogP contribution in [-0.4, -0.2) is 49.5 Å². The third-order valence-corrected chi connectivity index (χ3v) is 4.47. The van der Waals surface area contributed by atoms with E-state index in [4.69, 9.17) is 5.11 Å². The van der Waals surface area contributed by atoms with E-state index in [1.54, 1.807) is 0 Å². The highest BCUT2D eigenvalue weighted by Crippen LogP contribution is 2.35. The van der Waals surface area contributed by atoms with E-state index in [0.29, 0.717) is 18.9 Å². The van der Waals surface area contributed by atoms with Crippen molar-refractivity contribution >= 4 is 11.9 Å². The lowest BCUT2D eigenvalue weighted by Crippen LogP contribution is -2.39. The van der Waals surface area contributed by atoms with E-state index in [1.807, 2.05) is 4.90 Å². The molecular formula is C15H20N4O3. The van der Waals surface area contributed by atoms with Gasteiger partial charge in [-0.15, -0.1) is 5.10 Å². The number of hydrogen-bond acceptors (Lipinski definition) is 4. The van der Waals surface area contributed by atoms with Crippen LogP contribution in [0.25, 0.3) is 0 Å². The van der Waals surface area contributed by atoms with E-state index in [-0.39, 0.29) is 17.6 Å². The van der Waals surface area contributed by atoms with Crippen molar-refractivity contribution in [2.75, 3.05) is 6.54 Å². The molecule has 1 amide bonds. The summed E-state index contributed by atoms with van der Waals surface area (Å²) >= 11 is 0. The first-order valence-corrected chi connectivity index (χ1v) is 7.62. The van der Waals surface area contributed by atoms with Crippen LogP contribution >= 0.6 is 0 Å². The number of aromatic nitrogens is 3. The van der Waals surface area contributed by atoms with Crippen LogP contribution in [0.1, 0.15) is 42.6 Å². The van der Waals surface area contributed by atoms with Gasteiger partial charge in [0.15, 0.2) is 5.69 Å². The smallest absolute Gasteiger partial charge is 0.358 e. The molecule has 0 bridgehead atoms. The Kier molecular flexibility index (Phi) is 3.96. The molecule has 2 aliphatic rings. The number of carboxylic acid groups (broad SMARTS) is 1. The molecule has 7 heteroatoms. The second-order valence-electron chi connectivity index (χ2n) is 6.24. The first kappa shape index (κ1) is 14.7. The van der Waals surface area contributed by atoms with Crippen LogP contribution in [0.4, 0.5) is 0 Å². The summed E-state index contributed by atoms with van der Waals surface area (Å²) in [6, 6.07) is 0.0825. The summed E-state index contributed by atoms with van der Waals surface area (Å²) in [6.45, 7) is 5.19. The van der Waals surface area contributed by atoms with Crippen LogP contribution in [-0.2, 0) is 11.3 Å². The van der Waals surface area contributed by atoms with E-state index in [9.17, 15) is 9.59 Å². The van der Waals surface area contributed by atoms with Crippen LogP contribution in [0.3, 0.4) is 0 Å². The van der Waals surface area contributed by atoms with Gasteiger partial charge in [-0.3, -0.25) is 4.79 Å². The molecule has 3 rings (SSSR count). The quantitative estimate of drug-likeness (QED) is 0.829. The summed E-state index contributed by atoms with van der Waals surface area (Å²) in [5, 5.41) is 16.3. The highest BCUT2D eigenvalue weighted by molar-refractivity contribution is 5.84. The molecule has 1 atom stereocenters. The molecule has 0 aromatic carbocycles. The summed E-state index contributed by atoms with van der Waals surface area (Å²) in [6.07, 6.45) is 5.84. The summed E-state index contributed by atoms with van der Waals surface area (Å²) in [4.78, 5) is 25.2. The standard InChI is InChI=1S/C15H20N4O3/c1-10-5-11(6-10)7-14(20)19-4-2-3-12(19)8-18-9-13(15(21)22)16-17-18/h9,11-12H,1-8H2,(H,21,22). The largest absolute Gasteiger partial charge is 0.476 e. The summed E-state index contributed by atoms with van der Waals surface area (Å²) in [5.74, 6) is -0.444. The molecule has 7 nitrogen and oxygen atoms in total. The number of amides is 1. The van der Waals surface area contributed by atoms with Crippen molar-refractivity contribution in [3.05, 3.63) is 24.0 Å². The normalized spacial score (nSPS) is 21.9. The molecule has 1 saturated heterocycles. The number of carbonyl (C=O) groups is 2. The molecule has 1 aromatic heterocycles. The molecule has 118 valence electrons. The fraction of sp³-hybridized carbons (Fsp3) is 0.600. The molecule has 1 aliphatic carbocycles. The van der Waals surface area contributed by atoms with Gasteiger partial charge in [-0.2, -0.15) is 0 Å². The maximum atomic E-state index is 12.4. The molecule has 22 heavy (non-hydrogen) atoms. The van der Waals surface area contributed by atoms with Gasteiger partial charge in [0.25, 0.3) is 0 Å². The Bertz CT molecular complexity index is 602. The van der Waals surface area contributed by atoms with E-state index in [1.165, 1.54) is 16.5 Å². The molecule has 1 saturated carbocycles. The average Bonchev–Trinajstić information content (AvgIpc) is 3.06. The van der Waals surface area contributed by atoms with Crippen LogP contribution in [0.5, 0.6) is 0 Å². The van der Waals surface area contributed by atoms with E-state index in [0.717, 1.165) is 32.2 Å². The van der Waals surface area contributed by atoms with Crippen LogP contribution in [0, 0.1) is 5.92 Å². The Labute approximate surface area is 128 Å². The van der Waals surface area contributed by atoms with Crippen molar-refractivity contribution in [3.63, 3.8) is 0 Å². The lowest BCUT2D eigenvalue weighted by atomic mass is 9.79. The Morgan fingerprint density at radius 2 is 2.18 bits per heavy atom. The average molecular weight is 304 g/mol. The van der Waals surface area contributed by atoms with Gasteiger partial charge in [0.2, 0.25) is 5.91 Å². The van der Waals surface area contributed by atoms with Gasteiger partial charge in [-0.1, -0.05) is 17.4 Å². The first-order chi connectivity index (χ1) is 10.5. The summed E-state index contributed by atoms with van der Waals surface area (Å²) in [5.41, 5.74) is 1.17. The Balaban J connectivity index is 1.58.